The fourth-order valence-corrected chi connectivity index (χ4v) is 6.21. The zero-order valence-corrected chi connectivity index (χ0v) is 20.3. The number of carbonyl (C=O) groups is 2. The van der Waals surface area contributed by atoms with Gasteiger partial charge in [-0.3, -0.25) is 4.79 Å². The molecule has 1 aromatic carbocycles. The molecule has 1 aliphatic heterocycles. The molecule has 1 saturated heterocycles. The summed E-state index contributed by atoms with van der Waals surface area (Å²) in [4.78, 5) is 27.4. The van der Waals surface area contributed by atoms with Gasteiger partial charge in [0.1, 0.15) is 5.56 Å². The molecule has 6 heteroatoms. The highest BCUT2D eigenvalue weighted by atomic mass is 16.4. The van der Waals surface area contributed by atoms with E-state index in [1.807, 2.05) is 10.7 Å². The zero-order chi connectivity index (χ0) is 23.7. The van der Waals surface area contributed by atoms with Crippen molar-refractivity contribution in [3.05, 3.63) is 47.3 Å². The van der Waals surface area contributed by atoms with Gasteiger partial charge >= 0.3 is 5.97 Å². The first kappa shape index (κ1) is 23.1. The van der Waals surface area contributed by atoms with Crippen LogP contribution in [0.2, 0.25) is 0 Å². The maximum atomic E-state index is 13.5. The molecule has 182 valence electrons. The van der Waals surface area contributed by atoms with Crippen molar-refractivity contribution in [1.82, 2.24) is 14.7 Å². The summed E-state index contributed by atoms with van der Waals surface area (Å²) in [5, 5.41) is 14.1. The van der Waals surface area contributed by atoms with Gasteiger partial charge in [-0.25, -0.2) is 9.48 Å². The third-order valence-electron chi connectivity index (χ3n) is 8.16. The van der Waals surface area contributed by atoms with E-state index in [1.165, 1.54) is 24.6 Å². The van der Waals surface area contributed by atoms with E-state index < -0.39 is 5.97 Å². The van der Waals surface area contributed by atoms with E-state index in [4.69, 9.17) is 0 Å². The Morgan fingerprint density at radius 1 is 1.09 bits per heavy atom. The summed E-state index contributed by atoms with van der Waals surface area (Å²) in [6.07, 6.45) is 13.5. The first-order valence-corrected chi connectivity index (χ1v) is 13.3. The number of carboxylic acids is 1. The molecule has 2 aromatic rings. The number of rotatable bonds is 8. The Balaban J connectivity index is 1.33. The summed E-state index contributed by atoms with van der Waals surface area (Å²) >= 11 is 0. The molecule has 2 saturated carbocycles. The van der Waals surface area contributed by atoms with Crippen molar-refractivity contribution in [1.29, 1.82) is 0 Å². The van der Waals surface area contributed by atoms with Gasteiger partial charge in [-0.1, -0.05) is 38.3 Å². The number of aromatic carboxylic acids is 1. The number of likely N-dealkylation sites (tertiary alicyclic amines) is 1. The van der Waals surface area contributed by atoms with Crippen molar-refractivity contribution in [2.24, 2.45) is 5.92 Å². The Morgan fingerprint density at radius 2 is 1.94 bits per heavy atom. The molecule has 1 aromatic heterocycles. The van der Waals surface area contributed by atoms with Gasteiger partial charge in [-0.2, -0.15) is 5.10 Å². The fourth-order valence-electron chi connectivity index (χ4n) is 6.21. The fraction of sp³-hybridized carbons (Fsp3) is 0.607. The Morgan fingerprint density at radius 3 is 2.71 bits per heavy atom. The molecule has 3 fully saturated rings. The van der Waals surface area contributed by atoms with Crippen LogP contribution in [-0.2, 0) is 4.79 Å². The number of nitrogens with zero attached hydrogens (tertiary/aromatic N) is 3. The summed E-state index contributed by atoms with van der Waals surface area (Å²) in [5.74, 6) is 0.244. The summed E-state index contributed by atoms with van der Waals surface area (Å²) in [6, 6.07) is 8.85. The van der Waals surface area contributed by atoms with Gasteiger partial charge in [-0.05, 0) is 75.0 Å². The molecular weight excluding hydrogens is 426 g/mol. The number of amides is 1. The Kier molecular flexibility index (Phi) is 6.75. The smallest absolute Gasteiger partial charge is 0.339 e. The highest BCUT2D eigenvalue weighted by Crippen LogP contribution is 2.43. The van der Waals surface area contributed by atoms with Crippen LogP contribution in [0.4, 0.5) is 0 Å². The van der Waals surface area contributed by atoms with Crippen molar-refractivity contribution in [3.8, 4) is 5.69 Å². The summed E-state index contributed by atoms with van der Waals surface area (Å²) in [6.45, 7) is 3.15. The highest BCUT2D eigenvalue weighted by Gasteiger charge is 2.36. The molecule has 5 rings (SSSR count). The summed E-state index contributed by atoms with van der Waals surface area (Å²) < 4.78 is 1.83. The van der Waals surface area contributed by atoms with E-state index in [9.17, 15) is 14.7 Å². The number of hydrogen-bond acceptors (Lipinski definition) is 3. The quantitative estimate of drug-likeness (QED) is 0.529. The van der Waals surface area contributed by atoms with E-state index in [1.54, 1.807) is 0 Å². The van der Waals surface area contributed by atoms with Crippen LogP contribution in [0, 0.1) is 5.92 Å². The lowest BCUT2D eigenvalue weighted by Gasteiger charge is -2.34. The van der Waals surface area contributed by atoms with Gasteiger partial charge in [0, 0.05) is 24.4 Å². The van der Waals surface area contributed by atoms with Gasteiger partial charge in [0.2, 0.25) is 5.91 Å². The molecule has 3 atom stereocenters. The van der Waals surface area contributed by atoms with E-state index in [0.29, 0.717) is 23.4 Å². The van der Waals surface area contributed by atoms with E-state index in [2.05, 4.69) is 35.1 Å². The summed E-state index contributed by atoms with van der Waals surface area (Å²) in [7, 11) is 0. The Hall–Kier alpha value is -2.63. The van der Waals surface area contributed by atoms with Crippen LogP contribution >= 0.6 is 0 Å². The van der Waals surface area contributed by atoms with Crippen LogP contribution in [-0.4, -0.2) is 44.3 Å². The van der Waals surface area contributed by atoms with Crippen LogP contribution in [0.3, 0.4) is 0 Å². The minimum absolute atomic E-state index is 0.120. The summed E-state index contributed by atoms with van der Waals surface area (Å²) in [5.41, 5.74) is 3.32. The van der Waals surface area contributed by atoms with E-state index in [0.717, 1.165) is 75.7 Å². The highest BCUT2D eigenvalue weighted by molar-refractivity contribution is 5.89. The van der Waals surface area contributed by atoms with Crippen LogP contribution in [0.25, 0.3) is 5.69 Å². The normalized spacial score (nSPS) is 25.0. The SMILES string of the molecule is CCCC[C@@H]1CCCN1C(=O)[C@H]1CCC[C@@H](c2cccc(-n3ncc(C(=O)O)c3C3CC3)c2)C1. The first-order valence-electron chi connectivity index (χ1n) is 13.3. The molecule has 6 nitrogen and oxygen atoms in total. The zero-order valence-electron chi connectivity index (χ0n) is 20.3. The predicted molar refractivity (Wildman–Crippen MR) is 131 cm³/mol. The molecule has 0 spiro atoms. The minimum Gasteiger partial charge on any atom is -0.478 e. The maximum Gasteiger partial charge on any atom is 0.339 e. The number of aromatic nitrogens is 2. The van der Waals surface area contributed by atoms with E-state index in [-0.39, 0.29) is 11.8 Å². The topological polar surface area (TPSA) is 75.4 Å². The van der Waals surface area contributed by atoms with Crippen molar-refractivity contribution >= 4 is 11.9 Å². The largest absolute Gasteiger partial charge is 0.478 e. The van der Waals surface area contributed by atoms with Gasteiger partial charge in [-0.15, -0.1) is 0 Å². The number of carbonyl (C=O) groups excluding carboxylic acids is 1. The van der Waals surface area contributed by atoms with Gasteiger partial charge < -0.3 is 10.0 Å². The molecule has 2 aliphatic carbocycles. The van der Waals surface area contributed by atoms with Crippen molar-refractivity contribution in [2.45, 2.75) is 95.4 Å². The number of hydrogen-bond donors (Lipinski definition) is 1. The number of unbranched alkanes of at least 4 members (excludes halogenated alkanes) is 1. The molecule has 0 bridgehead atoms. The monoisotopic (exact) mass is 463 g/mol. The first-order chi connectivity index (χ1) is 16.6. The third-order valence-corrected chi connectivity index (χ3v) is 8.16. The second kappa shape index (κ2) is 9.93. The molecule has 1 amide bonds. The second-order valence-electron chi connectivity index (χ2n) is 10.6. The lowest BCUT2D eigenvalue weighted by Crippen LogP contribution is -2.41. The minimum atomic E-state index is -0.905. The maximum absolute atomic E-state index is 13.5. The second-order valence-corrected chi connectivity index (χ2v) is 10.6. The Bertz CT molecular complexity index is 1040. The average Bonchev–Trinajstić information content (AvgIpc) is 3.42. The molecule has 0 radical (unpaired) electrons. The predicted octanol–water partition coefficient (Wildman–Crippen LogP) is 5.90. The molecule has 3 aliphatic rings. The van der Waals surface area contributed by atoms with Crippen molar-refractivity contribution < 1.29 is 14.7 Å². The molecule has 1 N–H and O–H groups in total. The van der Waals surface area contributed by atoms with Crippen LogP contribution in [0.15, 0.2) is 30.5 Å². The van der Waals surface area contributed by atoms with Crippen LogP contribution < -0.4 is 0 Å². The average molecular weight is 464 g/mol. The van der Waals surface area contributed by atoms with Crippen molar-refractivity contribution in [3.63, 3.8) is 0 Å². The molecule has 34 heavy (non-hydrogen) atoms. The van der Waals surface area contributed by atoms with Crippen LogP contribution in [0.5, 0.6) is 0 Å². The van der Waals surface area contributed by atoms with E-state index >= 15 is 0 Å². The standard InChI is InChI=1S/C28H37N3O3/c1-2-3-10-23-12-6-15-30(23)27(32)22-9-4-7-20(16-22)21-8-5-11-24(17-21)31-26(19-13-14-19)25(18-29-31)28(33)34/h5,8,11,17-20,22-23H,2-4,6-7,9-10,12-16H2,1H3,(H,33,34)/t20-,22+,23-/m1/s1. The van der Waals surface area contributed by atoms with Crippen LogP contribution in [0.1, 0.15) is 111 Å². The number of carboxylic acid groups (broad SMARTS) is 1. The van der Waals surface area contributed by atoms with Gasteiger partial charge in [0.15, 0.2) is 0 Å². The molecule has 0 unspecified atom stereocenters. The van der Waals surface area contributed by atoms with Gasteiger partial charge in [0.25, 0.3) is 0 Å². The third kappa shape index (κ3) is 4.64. The lowest BCUT2D eigenvalue weighted by molar-refractivity contribution is -0.137. The Labute approximate surface area is 202 Å². The van der Waals surface area contributed by atoms with Gasteiger partial charge in [0.05, 0.1) is 17.6 Å². The number of benzene rings is 1. The lowest BCUT2D eigenvalue weighted by atomic mass is 9.77. The van der Waals surface area contributed by atoms with Crippen molar-refractivity contribution in [2.75, 3.05) is 6.54 Å². The molecular formula is C28H37N3O3. The molecule has 2 heterocycles.